The normalized spacial score (nSPS) is 12.3. The Morgan fingerprint density at radius 2 is 2.09 bits per heavy atom. The van der Waals surface area contributed by atoms with Gasteiger partial charge >= 0.3 is 0 Å². The summed E-state index contributed by atoms with van der Waals surface area (Å²) in [5.74, 6) is 0. The molecule has 0 unspecified atom stereocenters. The van der Waals surface area contributed by atoms with Crippen molar-refractivity contribution >= 4 is 0 Å². The number of hydrogen-bond donors (Lipinski definition) is 0. The second-order valence-electron chi connectivity index (χ2n) is 3.43. The van der Waals surface area contributed by atoms with E-state index in [-0.39, 0.29) is 0 Å². The van der Waals surface area contributed by atoms with E-state index in [9.17, 15) is 0 Å². The summed E-state index contributed by atoms with van der Waals surface area (Å²) < 4.78 is 0. The van der Waals surface area contributed by atoms with E-state index >= 15 is 0 Å². The van der Waals surface area contributed by atoms with Crippen molar-refractivity contribution in [2.45, 2.75) is 6.42 Å². The number of fused-ring (bicyclic) bond motifs is 1. The van der Waals surface area contributed by atoms with Crippen LogP contribution in [0.4, 0.5) is 0 Å². The quantitative estimate of drug-likeness (QED) is 0.639. The molecule has 0 saturated heterocycles. The molecule has 2 aliphatic carbocycles. The fourth-order valence-corrected chi connectivity index (χ4v) is 1.38. The Morgan fingerprint density at radius 1 is 1.27 bits per heavy atom. The number of rotatable bonds is 3. The molecule has 0 aromatic rings. The lowest BCUT2D eigenvalue weighted by atomic mass is 10.2. The average Bonchev–Trinajstić information content (AvgIpc) is 2.62. The lowest BCUT2D eigenvalue weighted by molar-refractivity contribution is 0.414. The minimum absolute atomic E-state index is 1.16. The summed E-state index contributed by atoms with van der Waals surface area (Å²) in [5.41, 5.74) is 4.49. The summed E-state index contributed by atoms with van der Waals surface area (Å²) in [4.78, 5) is 2.22. The fourth-order valence-electron chi connectivity index (χ4n) is 1.38. The van der Waals surface area contributed by atoms with Crippen LogP contribution in [0, 0.1) is 0 Å². The maximum absolute atomic E-state index is 2.25. The van der Waals surface area contributed by atoms with Crippen LogP contribution < -0.4 is 0 Å². The summed E-state index contributed by atoms with van der Waals surface area (Å²) in [6.45, 7) is 1.16. The highest BCUT2D eigenvalue weighted by Crippen LogP contribution is 2.38. The monoisotopic (exact) mass is 147 g/mol. The van der Waals surface area contributed by atoms with Crippen molar-refractivity contribution in [3.63, 3.8) is 0 Å². The van der Waals surface area contributed by atoms with Crippen molar-refractivity contribution in [2.24, 2.45) is 0 Å². The van der Waals surface area contributed by atoms with Crippen molar-refractivity contribution in [1.82, 2.24) is 4.90 Å². The zero-order chi connectivity index (χ0) is 7.84. The second-order valence-corrected chi connectivity index (χ2v) is 3.43. The molecule has 1 nitrogen and oxygen atoms in total. The van der Waals surface area contributed by atoms with Crippen molar-refractivity contribution < 1.29 is 0 Å². The van der Waals surface area contributed by atoms with Gasteiger partial charge in [-0.05, 0) is 43.3 Å². The molecule has 0 aromatic carbocycles. The summed E-state index contributed by atoms with van der Waals surface area (Å²) in [6, 6.07) is 6.71. The van der Waals surface area contributed by atoms with Gasteiger partial charge in [0.05, 0.1) is 0 Å². The van der Waals surface area contributed by atoms with E-state index in [1.54, 1.807) is 0 Å². The molecule has 0 saturated carbocycles. The summed E-state index contributed by atoms with van der Waals surface area (Å²) >= 11 is 0. The van der Waals surface area contributed by atoms with Crippen LogP contribution in [0.2, 0.25) is 0 Å². The standard InChI is InChI=1S/C10H13N/c1-11(2)6-5-8-3-4-9-7-10(8)9/h3-4,7H,5-6H2,1-2H3. The first-order chi connectivity index (χ1) is 5.27. The Morgan fingerprint density at radius 3 is 2.55 bits per heavy atom. The molecule has 11 heavy (non-hydrogen) atoms. The van der Waals surface area contributed by atoms with Crippen LogP contribution in [0.5, 0.6) is 0 Å². The highest BCUT2D eigenvalue weighted by Gasteiger charge is 2.16. The van der Waals surface area contributed by atoms with E-state index in [2.05, 4.69) is 37.2 Å². The minimum atomic E-state index is 1.16. The van der Waals surface area contributed by atoms with Gasteiger partial charge in [-0.3, -0.25) is 0 Å². The molecular weight excluding hydrogens is 134 g/mol. The predicted molar refractivity (Wildman–Crippen MR) is 47.7 cm³/mol. The lowest BCUT2D eigenvalue weighted by Gasteiger charge is -2.07. The molecule has 0 spiro atoms. The number of nitrogens with zero attached hydrogens (tertiary/aromatic N) is 1. The van der Waals surface area contributed by atoms with E-state index in [1.165, 1.54) is 23.1 Å². The SMILES string of the molecule is CN(C)CCc1ccc2cc1-2. The molecule has 0 bridgehead atoms. The number of benzene rings is 1. The van der Waals surface area contributed by atoms with Gasteiger partial charge in [-0.2, -0.15) is 0 Å². The Bertz CT molecular complexity index is 276. The summed E-state index contributed by atoms with van der Waals surface area (Å²) in [5, 5.41) is 0. The molecular formula is C10H13N. The van der Waals surface area contributed by atoms with Crippen molar-refractivity contribution in [2.75, 3.05) is 20.6 Å². The molecule has 58 valence electrons. The molecule has 1 heteroatoms. The first kappa shape index (κ1) is 6.86. The maximum atomic E-state index is 2.25. The molecule has 0 heterocycles. The summed E-state index contributed by atoms with van der Waals surface area (Å²) in [6.07, 6.45) is 1.19. The Labute approximate surface area is 67.6 Å². The van der Waals surface area contributed by atoms with Crippen LogP contribution in [0.25, 0.3) is 11.1 Å². The first-order valence-corrected chi connectivity index (χ1v) is 4.05. The molecule has 0 amide bonds. The van der Waals surface area contributed by atoms with Gasteiger partial charge in [0.2, 0.25) is 0 Å². The van der Waals surface area contributed by atoms with E-state index in [0.717, 1.165) is 6.54 Å². The van der Waals surface area contributed by atoms with Crippen LogP contribution in [-0.2, 0) is 6.42 Å². The van der Waals surface area contributed by atoms with Crippen molar-refractivity contribution in [3.8, 4) is 11.1 Å². The van der Waals surface area contributed by atoms with E-state index in [1.807, 2.05) is 0 Å². The van der Waals surface area contributed by atoms with Gasteiger partial charge in [0, 0.05) is 6.54 Å². The van der Waals surface area contributed by atoms with Gasteiger partial charge in [0.25, 0.3) is 0 Å². The average molecular weight is 147 g/mol. The van der Waals surface area contributed by atoms with E-state index in [0.29, 0.717) is 0 Å². The highest BCUT2D eigenvalue weighted by molar-refractivity contribution is 5.84. The van der Waals surface area contributed by atoms with Gasteiger partial charge in [-0.1, -0.05) is 12.1 Å². The smallest absolute Gasteiger partial charge is 0.00159 e. The third kappa shape index (κ3) is 1.29. The molecule has 0 radical (unpaired) electrons. The largest absolute Gasteiger partial charge is 0.309 e. The van der Waals surface area contributed by atoms with Gasteiger partial charge in [0.15, 0.2) is 0 Å². The van der Waals surface area contributed by atoms with Gasteiger partial charge in [-0.25, -0.2) is 0 Å². The Hall–Kier alpha value is -0.820. The van der Waals surface area contributed by atoms with Crippen LogP contribution in [0.15, 0.2) is 18.2 Å². The summed E-state index contributed by atoms with van der Waals surface area (Å²) in [7, 11) is 4.23. The first-order valence-electron chi connectivity index (χ1n) is 4.05. The Balaban J connectivity index is 1.93. The topological polar surface area (TPSA) is 3.24 Å². The number of hydrogen-bond acceptors (Lipinski definition) is 1. The Kier molecular flexibility index (Phi) is 1.46. The predicted octanol–water partition coefficient (Wildman–Crippen LogP) is 1.77. The van der Waals surface area contributed by atoms with Crippen LogP contribution in [0.1, 0.15) is 5.56 Å². The third-order valence-corrected chi connectivity index (χ3v) is 2.17. The van der Waals surface area contributed by atoms with E-state index in [4.69, 9.17) is 0 Å². The van der Waals surface area contributed by atoms with Gasteiger partial charge in [0.1, 0.15) is 0 Å². The molecule has 2 rings (SSSR count). The zero-order valence-electron chi connectivity index (χ0n) is 7.09. The van der Waals surface area contributed by atoms with Crippen molar-refractivity contribution in [3.05, 3.63) is 23.8 Å². The fraction of sp³-hybridized carbons (Fsp3) is 0.400. The highest BCUT2D eigenvalue weighted by atomic mass is 15.0. The van der Waals surface area contributed by atoms with Crippen molar-refractivity contribution in [1.29, 1.82) is 0 Å². The van der Waals surface area contributed by atoms with Gasteiger partial charge < -0.3 is 4.90 Å². The molecule has 0 aromatic heterocycles. The molecule has 0 aliphatic heterocycles. The van der Waals surface area contributed by atoms with Gasteiger partial charge in [-0.15, -0.1) is 0 Å². The van der Waals surface area contributed by atoms with Crippen LogP contribution in [-0.4, -0.2) is 25.5 Å². The molecule has 2 aliphatic rings. The van der Waals surface area contributed by atoms with E-state index < -0.39 is 0 Å². The molecule has 0 fully saturated rings. The molecule has 0 N–H and O–H groups in total. The third-order valence-electron chi connectivity index (χ3n) is 2.17. The van der Waals surface area contributed by atoms with Crippen LogP contribution >= 0.6 is 0 Å². The van der Waals surface area contributed by atoms with Crippen LogP contribution in [0.3, 0.4) is 0 Å². The molecule has 0 atom stereocenters. The minimum Gasteiger partial charge on any atom is -0.309 e. The maximum Gasteiger partial charge on any atom is 0.00159 e. The number of likely N-dealkylation sites (N-methyl/N-ethyl adjacent to an activating group) is 1. The lowest BCUT2D eigenvalue weighted by Crippen LogP contribution is -2.14. The zero-order valence-corrected chi connectivity index (χ0v) is 7.09. The second kappa shape index (κ2) is 2.35.